The van der Waals surface area contributed by atoms with Gasteiger partial charge < -0.3 is 5.32 Å². The third kappa shape index (κ3) is 2.30. The van der Waals surface area contributed by atoms with Crippen LogP contribution in [0.15, 0.2) is 18.2 Å². The summed E-state index contributed by atoms with van der Waals surface area (Å²) in [6.45, 7) is 3.34. The van der Waals surface area contributed by atoms with E-state index in [9.17, 15) is 0 Å². The van der Waals surface area contributed by atoms with E-state index in [1.807, 2.05) is 0 Å². The molecule has 108 valence electrons. The minimum absolute atomic E-state index is 0.611. The van der Waals surface area contributed by atoms with Crippen molar-refractivity contribution in [2.45, 2.75) is 57.9 Å². The van der Waals surface area contributed by atoms with Crippen LogP contribution in [-0.4, -0.2) is 6.54 Å². The molecule has 4 rings (SSSR count). The minimum Gasteiger partial charge on any atom is -0.310 e. The Morgan fingerprint density at radius 3 is 2.55 bits per heavy atom. The Kier molecular flexibility index (Phi) is 3.34. The fourth-order valence-corrected chi connectivity index (χ4v) is 4.76. The Hall–Kier alpha value is -0.820. The van der Waals surface area contributed by atoms with E-state index in [2.05, 4.69) is 30.4 Å². The predicted octanol–water partition coefficient (Wildman–Crippen LogP) is 4.26. The second-order valence-corrected chi connectivity index (χ2v) is 7.26. The van der Waals surface area contributed by atoms with Gasteiger partial charge in [-0.15, -0.1) is 0 Å². The van der Waals surface area contributed by atoms with E-state index in [4.69, 9.17) is 0 Å². The SMILES string of the molecule is CCNC(c1ccc2c(c1)CCCC2)C1CC2CC2C1. The quantitative estimate of drug-likeness (QED) is 0.861. The topological polar surface area (TPSA) is 12.0 Å². The minimum atomic E-state index is 0.611. The Morgan fingerprint density at radius 2 is 1.80 bits per heavy atom. The second-order valence-electron chi connectivity index (χ2n) is 7.26. The Bertz CT molecular complexity index is 483. The largest absolute Gasteiger partial charge is 0.310 e. The summed E-state index contributed by atoms with van der Waals surface area (Å²) >= 11 is 0. The summed E-state index contributed by atoms with van der Waals surface area (Å²) in [5.74, 6) is 3.05. The Morgan fingerprint density at radius 1 is 1.05 bits per heavy atom. The summed E-state index contributed by atoms with van der Waals surface area (Å²) in [7, 11) is 0. The molecule has 1 N–H and O–H groups in total. The van der Waals surface area contributed by atoms with Crippen molar-refractivity contribution in [3.63, 3.8) is 0 Å². The molecule has 1 heteroatoms. The first-order valence-electron chi connectivity index (χ1n) is 8.70. The predicted molar refractivity (Wildman–Crippen MR) is 83.8 cm³/mol. The maximum absolute atomic E-state index is 3.79. The van der Waals surface area contributed by atoms with Crippen LogP contribution >= 0.6 is 0 Å². The molecule has 0 aromatic heterocycles. The number of hydrogen-bond acceptors (Lipinski definition) is 1. The van der Waals surface area contributed by atoms with E-state index in [1.165, 1.54) is 44.9 Å². The Balaban J connectivity index is 1.58. The molecule has 0 spiro atoms. The van der Waals surface area contributed by atoms with Crippen molar-refractivity contribution in [3.8, 4) is 0 Å². The zero-order valence-electron chi connectivity index (χ0n) is 12.7. The van der Waals surface area contributed by atoms with Gasteiger partial charge in [0.1, 0.15) is 0 Å². The first-order valence-corrected chi connectivity index (χ1v) is 8.70. The molecule has 0 saturated heterocycles. The maximum Gasteiger partial charge on any atom is 0.0348 e. The normalized spacial score (nSPS) is 32.5. The van der Waals surface area contributed by atoms with Crippen LogP contribution in [0.3, 0.4) is 0 Å². The van der Waals surface area contributed by atoms with Gasteiger partial charge in [0, 0.05) is 6.04 Å². The highest BCUT2D eigenvalue weighted by atomic mass is 14.9. The van der Waals surface area contributed by atoms with Crippen molar-refractivity contribution in [3.05, 3.63) is 34.9 Å². The molecule has 2 fully saturated rings. The highest BCUT2D eigenvalue weighted by molar-refractivity contribution is 5.35. The summed E-state index contributed by atoms with van der Waals surface area (Å²) in [5, 5.41) is 3.79. The highest BCUT2D eigenvalue weighted by Gasteiger charge is 2.47. The number of hydrogen-bond donors (Lipinski definition) is 1. The third-order valence-corrected chi connectivity index (χ3v) is 5.91. The van der Waals surface area contributed by atoms with Gasteiger partial charge in [-0.3, -0.25) is 0 Å². The van der Waals surface area contributed by atoms with Gasteiger partial charge in [-0.1, -0.05) is 25.1 Å². The van der Waals surface area contributed by atoms with Crippen LogP contribution < -0.4 is 5.32 Å². The first kappa shape index (κ1) is 12.9. The van der Waals surface area contributed by atoms with Crippen LogP contribution in [0.2, 0.25) is 0 Å². The van der Waals surface area contributed by atoms with Crippen molar-refractivity contribution in [2.75, 3.05) is 6.54 Å². The van der Waals surface area contributed by atoms with Gasteiger partial charge in [0.05, 0.1) is 0 Å². The average molecular weight is 269 g/mol. The molecule has 1 aromatic carbocycles. The van der Waals surface area contributed by atoms with Crippen molar-refractivity contribution in [1.82, 2.24) is 5.32 Å². The van der Waals surface area contributed by atoms with Crippen molar-refractivity contribution in [1.29, 1.82) is 0 Å². The molecule has 3 aliphatic rings. The summed E-state index contributed by atoms with van der Waals surface area (Å²) in [6, 6.07) is 7.98. The number of nitrogens with one attached hydrogen (secondary N) is 1. The smallest absolute Gasteiger partial charge is 0.0348 e. The van der Waals surface area contributed by atoms with Crippen LogP contribution in [-0.2, 0) is 12.8 Å². The number of benzene rings is 1. The molecule has 0 amide bonds. The van der Waals surface area contributed by atoms with E-state index in [1.54, 1.807) is 16.7 Å². The second kappa shape index (κ2) is 5.18. The van der Waals surface area contributed by atoms with E-state index in [0.717, 1.165) is 24.3 Å². The van der Waals surface area contributed by atoms with E-state index in [-0.39, 0.29) is 0 Å². The molecular weight excluding hydrogens is 242 g/mol. The van der Waals surface area contributed by atoms with Gasteiger partial charge >= 0.3 is 0 Å². The van der Waals surface area contributed by atoms with Crippen LogP contribution in [0.1, 0.15) is 61.8 Å². The van der Waals surface area contributed by atoms with Gasteiger partial charge in [-0.25, -0.2) is 0 Å². The molecule has 2 saturated carbocycles. The summed E-state index contributed by atoms with van der Waals surface area (Å²) in [6.07, 6.45) is 9.84. The maximum atomic E-state index is 3.79. The first-order chi connectivity index (χ1) is 9.85. The molecule has 0 heterocycles. The van der Waals surface area contributed by atoms with Crippen molar-refractivity contribution >= 4 is 0 Å². The summed E-state index contributed by atoms with van der Waals surface area (Å²) in [5.41, 5.74) is 4.82. The number of rotatable bonds is 4. The molecule has 3 atom stereocenters. The van der Waals surface area contributed by atoms with Crippen LogP contribution in [0, 0.1) is 17.8 Å². The molecule has 0 radical (unpaired) electrons. The molecule has 3 aliphatic carbocycles. The van der Waals surface area contributed by atoms with E-state index in [0.29, 0.717) is 6.04 Å². The molecule has 0 bridgehead atoms. The Labute approximate surface area is 123 Å². The molecular formula is C19H27N. The zero-order chi connectivity index (χ0) is 13.5. The molecule has 3 unspecified atom stereocenters. The molecule has 20 heavy (non-hydrogen) atoms. The van der Waals surface area contributed by atoms with Crippen molar-refractivity contribution < 1.29 is 0 Å². The summed E-state index contributed by atoms with van der Waals surface area (Å²) in [4.78, 5) is 0. The van der Waals surface area contributed by atoms with E-state index >= 15 is 0 Å². The van der Waals surface area contributed by atoms with Gasteiger partial charge in [-0.05, 0) is 85.9 Å². The van der Waals surface area contributed by atoms with Crippen LogP contribution in [0.25, 0.3) is 0 Å². The third-order valence-electron chi connectivity index (χ3n) is 5.91. The van der Waals surface area contributed by atoms with Crippen LogP contribution in [0.4, 0.5) is 0 Å². The van der Waals surface area contributed by atoms with Gasteiger partial charge in [0.25, 0.3) is 0 Å². The standard InChI is InChI=1S/C19H27N/c1-2-20-19(18-11-16-10-17(16)12-18)15-8-7-13-5-3-4-6-14(13)9-15/h7-9,16-20H,2-6,10-12H2,1H3. The molecule has 0 aliphatic heterocycles. The van der Waals surface area contributed by atoms with Gasteiger partial charge in [0.2, 0.25) is 0 Å². The fraction of sp³-hybridized carbons (Fsp3) is 0.684. The van der Waals surface area contributed by atoms with Crippen molar-refractivity contribution in [2.24, 2.45) is 17.8 Å². The van der Waals surface area contributed by atoms with Gasteiger partial charge in [0.15, 0.2) is 0 Å². The van der Waals surface area contributed by atoms with Gasteiger partial charge in [-0.2, -0.15) is 0 Å². The molecule has 1 nitrogen and oxygen atoms in total. The fourth-order valence-electron chi connectivity index (χ4n) is 4.76. The lowest BCUT2D eigenvalue weighted by atomic mass is 9.84. The zero-order valence-corrected chi connectivity index (χ0v) is 12.7. The number of aryl methyl sites for hydroxylation is 2. The van der Waals surface area contributed by atoms with Crippen LogP contribution in [0.5, 0.6) is 0 Å². The number of fused-ring (bicyclic) bond motifs is 2. The lowest BCUT2D eigenvalue weighted by Crippen LogP contribution is -2.28. The average Bonchev–Trinajstić information content (AvgIpc) is 3.10. The lowest BCUT2D eigenvalue weighted by Gasteiger charge is -2.28. The van der Waals surface area contributed by atoms with E-state index < -0.39 is 0 Å². The summed E-state index contributed by atoms with van der Waals surface area (Å²) < 4.78 is 0. The molecule has 1 aromatic rings. The lowest BCUT2D eigenvalue weighted by molar-refractivity contribution is 0.346. The highest BCUT2D eigenvalue weighted by Crippen LogP contribution is 2.57. The monoisotopic (exact) mass is 269 g/mol.